The quantitative estimate of drug-likeness (QED) is 0.737. The van der Waals surface area contributed by atoms with E-state index in [1.165, 1.54) is 6.39 Å². The van der Waals surface area contributed by atoms with Crippen LogP contribution in [0.2, 0.25) is 0 Å². The zero-order valence-electron chi connectivity index (χ0n) is 14.3. The molecule has 0 aliphatic heterocycles. The molecule has 0 aliphatic carbocycles. The second-order valence-corrected chi connectivity index (χ2v) is 6.12. The van der Waals surface area contributed by atoms with E-state index in [0.29, 0.717) is 25.3 Å². The van der Waals surface area contributed by atoms with Crippen molar-refractivity contribution in [2.45, 2.75) is 58.1 Å². The molecule has 0 fully saturated rings. The van der Waals surface area contributed by atoms with Crippen molar-refractivity contribution in [3.8, 4) is 11.5 Å². The first kappa shape index (κ1) is 18.1. The van der Waals surface area contributed by atoms with E-state index in [1.54, 1.807) is 0 Å². The fraction of sp³-hybridized carbons (Fsp3) is 0.500. The minimum atomic E-state index is -0.893. The molecule has 2 aromatic rings. The van der Waals surface area contributed by atoms with Crippen LogP contribution in [0.3, 0.4) is 0 Å². The molecule has 0 saturated heterocycles. The predicted molar refractivity (Wildman–Crippen MR) is 91.0 cm³/mol. The second-order valence-electron chi connectivity index (χ2n) is 6.12. The molecule has 1 aromatic heterocycles. The van der Waals surface area contributed by atoms with Crippen molar-refractivity contribution in [1.29, 1.82) is 0 Å². The summed E-state index contributed by atoms with van der Waals surface area (Å²) in [6.45, 7) is 4.46. The van der Waals surface area contributed by atoms with Crippen LogP contribution in [-0.2, 0) is 11.3 Å². The topological polar surface area (TPSA) is 88.2 Å². The molecular formula is C18H25N3O3. The molecule has 1 aromatic carbocycles. The molecule has 6 heteroatoms. The van der Waals surface area contributed by atoms with Crippen LogP contribution in [0.25, 0.3) is 11.5 Å². The highest BCUT2D eigenvalue weighted by Gasteiger charge is 2.27. The standard InChI is InChI=1S/C18H25N3O3/c1-3-9-18(23,10-4-2)11-16(22)19-12-14-5-7-15(8-6-14)17-21-20-13-24-17/h5-8,13,23H,3-4,9-12H2,1-2H3,(H,19,22). The summed E-state index contributed by atoms with van der Waals surface area (Å²) in [6.07, 6.45) is 4.45. The maximum absolute atomic E-state index is 12.1. The molecule has 0 radical (unpaired) electrons. The van der Waals surface area contributed by atoms with E-state index in [9.17, 15) is 9.90 Å². The number of aromatic nitrogens is 2. The molecule has 130 valence electrons. The van der Waals surface area contributed by atoms with Crippen LogP contribution in [-0.4, -0.2) is 26.8 Å². The number of nitrogens with zero attached hydrogens (tertiary/aromatic N) is 2. The summed E-state index contributed by atoms with van der Waals surface area (Å²) >= 11 is 0. The molecule has 0 unspecified atom stereocenters. The molecule has 0 spiro atoms. The SMILES string of the molecule is CCCC(O)(CCC)CC(=O)NCc1ccc(-c2nnco2)cc1. The van der Waals surface area contributed by atoms with Crippen LogP contribution in [0.4, 0.5) is 0 Å². The van der Waals surface area contributed by atoms with Crippen LogP contribution in [0.5, 0.6) is 0 Å². The zero-order chi connectivity index (χ0) is 17.4. The Morgan fingerprint density at radius 1 is 1.21 bits per heavy atom. The fourth-order valence-electron chi connectivity index (χ4n) is 2.86. The summed E-state index contributed by atoms with van der Waals surface area (Å²) in [5.74, 6) is 0.343. The van der Waals surface area contributed by atoms with Crippen molar-refractivity contribution >= 4 is 5.91 Å². The van der Waals surface area contributed by atoms with Crippen molar-refractivity contribution in [3.05, 3.63) is 36.2 Å². The Labute approximate surface area is 142 Å². The smallest absolute Gasteiger partial charge is 0.247 e. The third-order valence-corrected chi connectivity index (χ3v) is 3.97. The fourth-order valence-corrected chi connectivity index (χ4v) is 2.86. The molecular weight excluding hydrogens is 306 g/mol. The van der Waals surface area contributed by atoms with Crippen molar-refractivity contribution in [2.24, 2.45) is 0 Å². The molecule has 0 aliphatic rings. The van der Waals surface area contributed by atoms with E-state index < -0.39 is 5.60 Å². The lowest BCUT2D eigenvalue weighted by atomic mass is 9.89. The molecule has 2 rings (SSSR count). The highest BCUT2D eigenvalue weighted by Crippen LogP contribution is 2.23. The number of rotatable bonds is 9. The minimum Gasteiger partial charge on any atom is -0.423 e. The Bertz CT molecular complexity index is 617. The Kier molecular flexibility index (Phi) is 6.49. The van der Waals surface area contributed by atoms with E-state index in [0.717, 1.165) is 24.0 Å². The van der Waals surface area contributed by atoms with E-state index >= 15 is 0 Å². The van der Waals surface area contributed by atoms with Gasteiger partial charge < -0.3 is 14.8 Å². The van der Waals surface area contributed by atoms with Crippen LogP contribution >= 0.6 is 0 Å². The van der Waals surface area contributed by atoms with E-state index in [-0.39, 0.29) is 12.3 Å². The molecule has 0 bridgehead atoms. The summed E-state index contributed by atoms with van der Waals surface area (Å²) in [4.78, 5) is 12.1. The van der Waals surface area contributed by atoms with Gasteiger partial charge in [0, 0.05) is 12.1 Å². The minimum absolute atomic E-state index is 0.125. The van der Waals surface area contributed by atoms with Gasteiger partial charge in [-0.15, -0.1) is 10.2 Å². The van der Waals surface area contributed by atoms with Crippen LogP contribution in [0, 0.1) is 0 Å². The summed E-state index contributed by atoms with van der Waals surface area (Å²) in [5, 5.41) is 20.9. The van der Waals surface area contributed by atoms with Crippen LogP contribution < -0.4 is 5.32 Å². The average molecular weight is 331 g/mol. The van der Waals surface area contributed by atoms with Gasteiger partial charge in [0.2, 0.25) is 18.2 Å². The van der Waals surface area contributed by atoms with E-state index in [2.05, 4.69) is 15.5 Å². The Balaban J connectivity index is 1.87. The number of carbonyl (C=O) groups is 1. The number of hydrogen-bond donors (Lipinski definition) is 2. The van der Waals surface area contributed by atoms with Crippen molar-refractivity contribution in [2.75, 3.05) is 0 Å². The number of benzene rings is 1. The average Bonchev–Trinajstić information content (AvgIpc) is 3.08. The Morgan fingerprint density at radius 2 is 1.88 bits per heavy atom. The summed E-state index contributed by atoms with van der Waals surface area (Å²) in [5.41, 5.74) is 0.916. The summed E-state index contributed by atoms with van der Waals surface area (Å²) in [7, 11) is 0. The first-order valence-electron chi connectivity index (χ1n) is 8.41. The van der Waals surface area contributed by atoms with E-state index in [4.69, 9.17) is 4.42 Å². The summed E-state index contributed by atoms with van der Waals surface area (Å²) in [6, 6.07) is 7.56. The second kappa shape index (κ2) is 8.59. The zero-order valence-corrected chi connectivity index (χ0v) is 14.3. The number of hydrogen-bond acceptors (Lipinski definition) is 5. The number of carbonyl (C=O) groups excluding carboxylic acids is 1. The largest absolute Gasteiger partial charge is 0.423 e. The lowest BCUT2D eigenvalue weighted by molar-refractivity contribution is -0.126. The molecule has 0 atom stereocenters. The lowest BCUT2D eigenvalue weighted by Crippen LogP contribution is -2.36. The molecule has 24 heavy (non-hydrogen) atoms. The summed E-state index contributed by atoms with van der Waals surface area (Å²) < 4.78 is 5.14. The molecule has 1 heterocycles. The number of nitrogens with one attached hydrogen (secondary N) is 1. The van der Waals surface area contributed by atoms with Gasteiger partial charge in [0.25, 0.3) is 0 Å². The first-order chi connectivity index (χ1) is 11.6. The van der Waals surface area contributed by atoms with Crippen LogP contribution in [0.15, 0.2) is 35.1 Å². The van der Waals surface area contributed by atoms with Gasteiger partial charge in [-0.05, 0) is 30.5 Å². The van der Waals surface area contributed by atoms with Gasteiger partial charge in [-0.3, -0.25) is 4.79 Å². The third-order valence-electron chi connectivity index (χ3n) is 3.97. The third kappa shape index (κ3) is 5.16. The van der Waals surface area contributed by atoms with Gasteiger partial charge >= 0.3 is 0 Å². The van der Waals surface area contributed by atoms with E-state index in [1.807, 2.05) is 38.1 Å². The molecule has 1 amide bonds. The van der Waals surface area contributed by atoms with Crippen molar-refractivity contribution in [1.82, 2.24) is 15.5 Å². The molecule has 2 N–H and O–H groups in total. The van der Waals surface area contributed by atoms with Gasteiger partial charge in [-0.25, -0.2) is 0 Å². The Hall–Kier alpha value is -2.21. The Morgan fingerprint density at radius 3 is 2.42 bits per heavy atom. The van der Waals surface area contributed by atoms with Gasteiger partial charge in [0.05, 0.1) is 12.0 Å². The predicted octanol–water partition coefficient (Wildman–Crippen LogP) is 3.07. The van der Waals surface area contributed by atoms with Gasteiger partial charge in [-0.2, -0.15) is 0 Å². The first-order valence-corrected chi connectivity index (χ1v) is 8.41. The monoisotopic (exact) mass is 331 g/mol. The number of amides is 1. The molecule has 0 saturated carbocycles. The molecule has 6 nitrogen and oxygen atoms in total. The van der Waals surface area contributed by atoms with Gasteiger partial charge in [-0.1, -0.05) is 38.8 Å². The maximum Gasteiger partial charge on any atom is 0.247 e. The van der Waals surface area contributed by atoms with Crippen LogP contribution in [0.1, 0.15) is 51.5 Å². The van der Waals surface area contributed by atoms with Crippen molar-refractivity contribution < 1.29 is 14.3 Å². The lowest BCUT2D eigenvalue weighted by Gasteiger charge is -2.26. The highest BCUT2D eigenvalue weighted by atomic mass is 16.4. The van der Waals surface area contributed by atoms with Crippen molar-refractivity contribution in [3.63, 3.8) is 0 Å². The number of aliphatic hydroxyl groups is 1. The maximum atomic E-state index is 12.1. The van der Waals surface area contributed by atoms with Gasteiger partial charge in [0.1, 0.15) is 0 Å². The highest BCUT2D eigenvalue weighted by molar-refractivity contribution is 5.77. The normalized spacial score (nSPS) is 11.5. The van der Waals surface area contributed by atoms with Gasteiger partial charge in [0.15, 0.2) is 0 Å².